The molecule has 2 atom stereocenters. The van der Waals surface area contributed by atoms with E-state index in [4.69, 9.17) is 23.9 Å². The Labute approximate surface area is 184 Å². The Morgan fingerprint density at radius 3 is 2.52 bits per heavy atom. The number of nitrogens with zero attached hydrogens (tertiary/aromatic N) is 2. The first-order valence-electron chi connectivity index (χ1n) is 11.1. The molecule has 2 fully saturated rings. The maximum atomic E-state index is 12.5. The number of hydrogen-bond donors (Lipinski definition) is 0. The minimum Gasteiger partial charge on any atom is -0.469 e. The van der Waals surface area contributed by atoms with Crippen LogP contribution in [-0.4, -0.2) is 47.8 Å². The number of benzene rings is 1. The zero-order chi connectivity index (χ0) is 22.6. The van der Waals surface area contributed by atoms with Gasteiger partial charge in [0.05, 0.1) is 35.9 Å². The van der Waals surface area contributed by atoms with Crippen LogP contribution in [0.1, 0.15) is 77.2 Å². The lowest BCUT2D eigenvalue weighted by molar-refractivity contribution is -0.141. The highest BCUT2D eigenvalue weighted by molar-refractivity contribution is 6.66. The summed E-state index contributed by atoms with van der Waals surface area (Å²) in [6.45, 7) is 12.7. The van der Waals surface area contributed by atoms with Gasteiger partial charge in [-0.25, -0.2) is 4.68 Å². The summed E-state index contributed by atoms with van der Waals surface area (Å²) >= 11 is 0. The van der Waals surface area contributed by atoms with Gasteiger partial charge in [0, 0.05) is 12.0 Å². The fourth-order valence-corrected chi connectivity index (χ4v) is 4.59. The van der Waals surface area contributed by atoms with Crippen molar-refractivity contribution in [2.24, 2.45) is 0 Å². The second-order valence-electron chi connectivity index (χ2n) is 9.70. The lowest BCUT2D eigenvalue weighted by Crippen LogP contribution is -2.41. The first-order valence-corrected chi connectivity index (χ1v) is 11.1. The van der Waals surface area contributed by atoms with E-state index in [1.807, 2.05) is 52.4 Å². The van der Waals surface area contributed by atoms with Gasteiger partial charge in [-0.15, -0.1) is 0 Å². The molecule has 0 spiro atoms. The molecular formula is C23H33BN2O5. The van der Waals surface area contributed by atoms with Crippen LogP contribution in [0.4, 0.5) is 0 Å². The molecule has 0 saturated carbocycles. The van der Waals surface area contributed by atoms with Crippen molar-refractivity contribution in [3.8, 4) is 0 Å². The standard InChI is InChI=1S/C23H33BN2O5/c1-14-12-17-16(13-25-26(17)18-10-8-9-11-29-18)20(19(14)15(2)21(27)28-7)24-30-22(3,4)23(5,6)31-24/h12-13,15,18H,8-11H2,1-7H3. The molecule has 2 aliphatic heterocycles. The summed E-state index contributed by atoms with van der Waals surface area (Å²) < 4.78 is 25.9. The molecular weight excluding hydrogens is 395 g/mol. The summed E-state index contributed by atoms with van der Waals surface area (Å²) in [7, 11) is 0.805. The van der Waals surface area contributed by atoms with Gasteiger partial charge in [-0.1, -0.05) is 0 Å². The van der Waals surface area contributed by atoms with E-state index in [0.717, 1.165) is 53.4 Å². The molecule has 0 aliphatic carbocycles. The molecule has 7 nitrogen and oxygen atoms in total. The minimum atomic E-state index is -0.612. The molecule has 1 aromatic carbocycles. The molecule has 2 saturated heterocycles. The zero-order valence-corrected chi connectivity index (χ0v) is 19.7. The van der Waals surface area contributed by atoms with Crippen molar-refractivity contribution < 1.29 is 23.6 Å². The normalized spacial score (nSPS) is 23.8. The maximum Gasteiger partial charge on any atom is 0.495 e. The molecule has 0 radical (unpaired) electrons. The van der Waals surface area contributed by atoms with Crippen LogP contribution in [0.3, 0.4) is 0 Å². The fourth-order valence-electron chi connectivity index (χ4n) is 4.59. The van der Waals surface area contributed by atoms with Gasteiger partial charge in [0.15, 0.2) is 6.23 Å². The van der Waals surface area contributed by atoms with E-state index in [2.05, 4.69) is 6.07 Å². The third-order valence-electron chi connectivity index (χ3n) is 7.10. The van der Waals surface area contributed by atoms with Gasteiger partial charge in [-0.2, -0.15) is 5.10 Å². The Morgan fingerprint density at radius 2 is 1.94 bits per heavy atom. The van der Waals surface area contributed by atoms with Gasteiger partial charge in [0.25, 0.3) is 0 Å². The van der Waals surface area contributed by atoms with E-state index in [-0.39, 0.29) is 12.2 Å². The van der Waals surface area contributed by atoms with Crippen molar-refractivity contribution in [3.05, 3.63) is 23.4 Å². The van der Waals surface area contributed by atoms with E-state index in [0.29, 0.717) is 0 Å². The average molecular weight is 428 g/mol. The largest absolute Gasteiger partial charge is 0.495 e. The second kappa shape index (κ2) is 7.91. The highest BCUT2D eigenvalue weighted by atomic mass is 16.7. The summed E-state index contributed by atoms with van der Waals surface area (Å²) in [5.74, 6) is -0.749. The summed E-state index contributed by atoms with van der Waals surface area (Å²) in [6.07, 6.45) is 4.89. The lowest BCUT2D eigenvalue weighted by atomic mass is 9.70. The van der Waals surface area contributed by atoms with Crippen LogP contribution in [0.2, 0.25) is 0 Å². The van der Waals surface area contributed by atoms with Crippen molar-refractivity contribution >= 4 is 29.5 Å². The molecule has 0 amide bonds. The van der Waals surface area contributed by atoms with Crippen molar-refractivity contribution in [2.75, 3.05) is 13.7 Å². The van der Waals surface area contributed by atoms with Crippen LogP contribution < -0.4 is 5.46 Å². The molecule has 0 bridgehead atoms. The van der Waals surface area contributed by atoms with Crippen molar-refractivity contribution in [3.63, 3.8) is 0 Å². The predicted octanol–water partition coefficient (Wildman–Crippen LogP) is 3.62. The Morgan fingerprint density at radius 1 is 1.26 bits per heavy atom. The van der Waals surface area contributed by atoms with Crippen molar-refractivity contribution in [1.82, 2.24) is 9.78 Å². The van der Waals surface area contributed by atoms with Crippen LogP contribution in [0, 0.1) is 6.92 Å². The number of fused-ring (bicyclic) bond motifs is 1. The molecule has 2 aliphatic rings. The zero-order valence-electron chi connectivity index (χ0n) is 19.7. The van der Waals surface area contributed by atoms with Crippen molar-refractivity contribution in [1.29, 1.82) is 0 Å². The Kier molecular flexibility index (Phi) is 5.69. The van der Waals surface area contributed by atoms with Gasteiger partial charge >= 0.3 is 13.1 Å². The first-order chi connectivity index (χ1) is 14.6. The summed E-state index contributed by atoms with van der Waals surface area (Å²) in [4.78, 5) is 12.5. The van der Waals surface area contributed by atoms with Gasteiger partial charge in [-0.05, 0) is 83.5 Å². The number of methoxy groups -OCH3 is 1. The number of aromatic nitrogens is 2. The number of rotatable bonds is 4. The number of esters is 1. The number of hydrogen-bond acceptors (Lipinski definition) is 6. The first kappa shape index (κ1) is 22.3. The molecule has 168 valence electrons. The number of carbonyl (C=O) groups is 1. The van der Waals surface area contributed by atoms with Crippen LogP contribution in [-0.2, 0) is 23.6 Å². The fraction of sp³-hybridized carbons (Fsp3) is 0.652. The highest BCUT2D eigenvalue weighted by Gasteiger charge is 2.53. The van der Waals surface area contributed by atoms with Crippen LogP contribution in [0.25, 0.3) is 10.9 Å². The molecule has 2 unspecified atom stereocenters. The second-order valence-corrected chi connectivity index (χ2v) is 9.70. The van der Waals surface area contributed by atoms with E-state index in [1.165, 1.54) is 7.11 Å². The smallest absolute Gasteiger partial charge is 0.469 e. The summed E-state index contributed by atoms with van der Waals surface area (Å²) in [6, 6.07) is 2.09. The van der Waals surface area contributed by atoms with Gasteiger partial charge < -0.3 is 18.8 Å². The van der Waals surface area contributed by atoms with Crippen LogP contribution in [0.15, 0.2) is 12.3 Å². The summed E-state index contributed by atoms with van der Waals surface area (Å²) in [5, 5.41) is 5.62. The quantitative estimate of drug-likeness (QED) is 0.547. The Bertz CT molecular complexity index is 978. The van der Waals surface area contributed by atoms with Crippen molar-refractivity contribution in [2.45, 2.75) is 84.2 Å². The molecule has 3 heterocycles. The number of aryl methyl sites for hydroxylation is 1. The topological polar surface area (TPSA) is 71.8 Å². The predicted molar refractivity (Wildman–Crippen MR) is 119 cm³/mol. The Balaban J connectivity index is 1.91. The minimum absolute atomic E-state index is 0.0827. The highest BCUT2D eigenvalue weighted by Crippen LogP contribution is 2.39. The van der Waals surface area contributed by atoms with E-state index in [9.17, 15) is 4.79 Å². The third-order valence-corrected chi connectivity index (χ3v) is 7.10. The lowest BCUT2D eigenvalue weighted by Gasteiger charge is -2.32. The monoisotopic (exact) mass is 428 g/mol. The molecule has 0 N–H and O–H groups in total. The van der Waals surface area contributed by atoms with Crippen LogP contribution >= 0.6 is 0 Å². The van der Waals surface area contributed by atoms with E-state index in [1.54, 1.807) is 0 Å². The molecule has 31 heavy (non-hydrogen) atoms. The molecule has 2 aromatic rings. The SMILES string of the molecule is COC(=O)C(C)c1c(C)cc2c(cnn2C2CCCCO2)c1B1OC(C)(C)C(C)(C)O1. The molecule has 8 heteroatoms. The Hall–Kier alpha value is -1.90. The average Bonchev–Trinajstić information content (AvgIpc) is 3.23. The molecule has 1 aromatic heterocycles. The third kappa shape index (κ3) is 3.68. The van der Waals surface area contributed by atoms with Gasteiger partial charge in [0.2, 0.25) is 0 Å². The summed E-state index contributed by atoms with van der Waals surface area (Å²) in [5.41, 5.74) is 2.68. The molecule has 4 rings (SSSR count). The van der Waals surface area contributed by atoms with Gasteiger partial charge in [-0.3, -0.25) is 4.79 Å². The van der Waals surface area contributed by atoms with Gasteiger partial charge in [0.1, 0.15) is 0 Å². The van der Waals surface area contributed by atoms with E-state index < -0.39 is 24.2 Å². The van der Waals surface area contributed by atoms with E-state index >= 15 is 0 Å². The number of carbonyl (C=O) groups excluding carboxylic acids is 1. The number of ether oxygens (including phenoxy) is 2. The maximum absolute atomic E-state index is 12.5. The van der Waals surface area contributed by atoms with Crippen LogP contribution in [0.5, 0.6) is 0 Å².